The van der Waals surface area contributed by atoms with Crippen molar-refractivity contribution in [2.45, 2.75) is 6.61 Å². The average Bonchev–Trinajstić information content (AvgIpc) is 2.64. The third kappa shape index (κ3) is 5.08. The van der Waals surface area contributed by atoms with Crippen LogP contribution in [0.15, 0.2) is 66.9 Å². The molecule has 1 heterocycles. The molecule has 0 bridgehead atoms. The number of hydrogen-bond donors (Lipinski definition) is 2. The van der Waals surface area contributed by atoms with Crippen molar-refractivity contribution in [3.05, 3.63) is 82.5 Å². The molecule has 0 spiro atoms. The normalized spacial score (nSPS) is 10.2. The van der Waals surface area contributed by atoms with Crippen LogP contribution >= 0.6 is 35.4 Å². The monoisotopic (exact) mass is 403 g/mol. The van der Waals surface area contributed by atoms with E-state index in [0.717, 1.165) is 11.3 Å². The lowest BCUT2D eigenvalue weighted by molar-refractivity contribution is 0.307. The van der Waals surface area contributed by atoms with Crippen LogP contribution in [-0.4, -0.2) is 10.1 Å². The van der Waals surface area contributed by atoms with Crippen LogP contribution in [0.25, 0.3) is 0 Å². The second kappa shape index (κ2) is 8.85. The molecule has 3 aromatic rings. The Labute approximate surface area is 167 Å². The van der Waals surface area contributed by atoms with Gasteiger partial charge in [0.15, 0.2) is 16.7 Å². The number of benzene rings is 2. The fourth-order valence-electron chi connectivity index (χ4n) is 2.17. The standard InChI is InChI=1S/C19H15Cl2N3OS/c20-14-7-9-15(10-8-14)23-19(26)24-18-17(6-3-11-22-18)25-12-13-4-1-2-5-16(13)21/h1-11H,12H2,(H2,22,23,24,26). The van der Waals surface area contributed by atoms with E-state index < -0.39 is 0 Å². The Morgan fingerprint density at radius 1 is 0.962 bits per heavy atom. The van der Waals surface area contributed by atoms with Crippen molar-refractivity contribution in [3.8, 4) is 5.75 Å². The van der Waals surface area contributed by atoms with Crippen molar-refractivity contribution in [2.75, 3.05) is 10.6 Å². The molecule has 132 valence electrons. The molecule has 0 saturated heterocycles. The number of nitrogens with zero attached hydrogens (tertiary/aromatic N) is 1. The van der Waals surface area contributed by atoms with Gasteiger partial charge in [-0.2, -0.15) is 0 Å². The van der Waals surface area contributed by atoms with Gasteiger partial charge in [-0.1, -0.05) is 41.4 Å². The highest BCUT2D eigenvalue weighted by Crippen LogP contribution is 2.24. The van der Waals surface area contributed by atoms with E-state index >= 15 is 0 Å². The molecule has 3 rings (SSSR count). The smallest absolute Gasteiger partial charge is 0.176 e. The number of nitrogens with one attached hydrogen (secondary N) is 2. The number of hydrogen-bond acceptors (Lipinski definition) is 3. The van der Waals surface area contributed by atoms with Gasteiger partial charge in [-0.3, -0.25) is 0 Å². The Hall–Kier alpha value is -2.34. The van der Waals surface area contributed by atoms with Gasteiger partial charge in [-0.05, 0) is 54.7 Å². The maximum absolute atomic E-state index is 6.16. The molecule has 0 saturated carbocycles. The second-order valence-electron chi connectivity index (χ2n) is 5.32. The maximum Gasteiger partial charge on any atom is 0.176 e. The summed E-state index contributed by atoms with van der Waals surface area (Å²) in [5.41, 5.74) is 1.72. The fourth-order valence-corrected chi connectivity index (χ4v) is 2.71. The molecule has 2 N–H and O–H groups in total. The highest BCUT2D eigenvalue weighted by Gasteiger charge is 2.08. The first kappa shape index (κ1) is 18.5. The van der Waals surface area contributed by atoms with E-state index in [1.54, 1.807) is 24.4 Å². The van der Waals surface area contributed by atoms with Crippen molar-refractivity contribution in [3.63, 3.8) is 0 Å². The molecule has 7 heteroatoms. The van der Waals surface area contributed by atoms with E-state index in [1.807, 2.05) is 42.5 Å². The van der Waals surface area contributed by atoms with Crippen molar-refractivity contribution in [2.24, 2.45) is 0 Å². The molecule has 1 aromatic heterocycles. The summed E-state index contributed by atoms with van der Waals surface area (Å²) in [7, 11) is 0. The van der Waals surface area contributed by atoms with Gasteiger partial charge in [0.25, 0.3) is 0 Å². The number of aromatic nitrogens is 1. The zero-order valence-electron chi connectivity index (χ0n) is 13.6. The summed E-state index contributed by atoms with van der Waals surface area (Å²) in [5, 5.41) is 7.83. The van der Waals surface area contributed by atoms with Crippen LogP contribution in [0.4, 0.5) is 11.5 Å². The number of thiocarbonyl (C=S) groups is 1. The molecule has 0 fully saturated rings. The van der Waals surface area contributed by atoms with Gasteiger partial charge in [0.1, 0.15) is 6.61 Å². The maximum atomic E-state index is 6.16. The quantitative estimate of drug-likeness (QED) is 0.528. The van der Waals surface area contributed by atoms with E-state index in [0.29, 0.717) is 33.3 Å². The van der Waals surface area contributed by atoms with E-state index in [4.69, 9.17) is 40.2 Å². The molecule has 0 aliphatic heterocycles. The summed E-state index contributed by atoms with van der Waals surface area (Å²) in [6, 6.07) is 18.4. The SMILES string of the molecule is S=C(Nc1ccc(Cl)cc1)Nc1ncccc1OCc1ccccc1Cl. The molecule has 0 radical (unpaired) electrons. The molecular formula is C19H15Cl2N3OS. The van der Waals surface area contributed by atoms with E-state index in [9.17, 15) is 0 Å². The third-order valence-electron chi connectivity index (χ3n) is 3.45. The molecule has 0 atom stereocenters. The van der Waals surface area contributed by atoms with Gasteiger partial charge >= 0.3 is 0 Å². The van der Waals surface area contributed by atoms with Crippen LogP contribution in [0.2, 0.25) is 10.0 Å². The molecule has 0 aliphatic rings. The van der Waals surface area contributed by atoms with Gasteiger partial charge in [-0.15, -0.1) is 0 Å². The van der Waals surface area contributed by atoms with Crippen molar-refractivity contribution in [1.29, 1.82) is 0 Å². The molecule has 0 amide bonds. The summed E-state index contributed by atoms with van der Waals surface area (Å²) in [5.74, 6) is 1.10. The van der Waals surface area contributed by atoms with Gasteiger partial charge in [0.2, 0.25) is 0 Å². The highest BCUT2D eigenvalue weighted by molar-refractivity contribution is 7.80. The van der Waals surface area contributed by atoms with Crippen LogP contribution in [0.3, 0.4) is 0 Å². The highest BCUT2D eigenvalue weighted by atomic mass is 35.5. The Kier molecular flexibility index (Phi) is 6.28. The Morgan fingerprint density at radius 2 is 1.73 bits per heavy atom. The first-order valence-electron chi connectivity index (χ1n) is 7.76. The van der Waals surface area contributed by atoms with Crippen LogP contribution in [-0.2, 0) is 6.61 Å². The van der Waals surface area contributed by atoms with E-state index in [2.05, 4.69) is 15.6 Å². The Bertz CT molecular complexity index is 903. The average molecular weight is 404 g/mol. The lowest BCUT2D eigenvalue weighted by Crippen LogP contribution is -2.20. The summed E-state index contributed by atoms with van der Waals surface area (Å²) < 4.78 is 5.86. The molecule has 0 aliphatic carbocycles. The molecular weight excluding hydrogens is 389 g/mol. The minimum Gasteiger partial charge on any atom is -0.485 e. The Morgan fingerprint density at radius 3 is 2.50 bits per heavy atom. The predicted octanol–water partition coefficient (Wildman–Crippen LogP) is 5.78. The summed E-state index contributed by atoms with van der Waals surface area (Å²) >= 11 is 17.4. The van der Waals surface area contributed by atoms with Crippen LogP contribution in [0, 0.1) is 0 Å². The number of pyridine rings is 1. The van der Waals surface area contributed by atoms with Crippen molar-refractivity contribution < 1.29 is 4.74 Å². The summed E-state index contributed by atoms with van der Waals surface area (Å²) in [6.45, 7) is 0.331. The fraction of sp³-hybridized carbons (Fsp3) is 0.0526. The van der Waals surface area contributed by atoms with E-state index in [1.165, 1.54) is 0 Å². The van der Waals surface area contributed by atoms with Gasteiger partial charge in [-0.25, -0.2) is 4.98 Å². The number of anilines is 2. The van der Waals surface area contributed by atoms with Crippen LogP contribution < -0.4 is 15.4 Å². The first-order valence-corrected chi connectivity index (χ1v) is 8.93. The van der Waals surface area contributed by atoms with E-state index in [-0.39, 0.29) is 0 Å². The Balaban J connectivity index is 1.65. The number of ether oxygens (including phenoxy) is 1. The zero-order chi connectivity index (χ0) is 18.4. The number of halogens is 2. The zero-order valence-corrected chi connectivity index (χ0v) is 15.9. The van der Waals surface area contributed by atoms with Gasteiger partial charge in [0, 0.05) is 27.5 Å². The van der Waals surface area contributed by atoms with Crippen LogP contribution in [0.1, 0.15) is 5.56 Å². The molecule has 2 aromatic carbocycles. The molecule has 26 heavy (non-hydrogen) atoms. The lowest BCUT2D eigenvalue weighted by Gasteiger charge is -2.14. The predicted molar refractivity (Wildman–Crippen MR) is 111 cm³/mol. The minimum absolute atomic E-state index is 0.331. The first-order chi connectivity index (χ1) is 12.6. The van der Waals surface area contributed by atoms with Crippen molar-refractivity contribution >= 4 is 52.0 Å². The van der Waals surface area contributed by atoms with Gasteiger partial charge < -0.3 is 15.4 Å². The summed E-state index contributed by atoms with van der Waals surface area (Å²) in [6.07, 6.45) is 1.66. The summed E-state index contributed by atoms with van der Waals surface area (Å²) in [4.78, 5) is 4.29. The van der Waals surface area contributed by atoms with Crippen LogP contribution in [0.5, 0.6) is 5.75 Å². The minimum atomic E-state index is 0.331. The number of rotatable bonds is 5. The molecule has 0 unspecified atom stereocenters. The topological polar surface area (TPSA) is 46.2 Å². The lowest BCUT2D eigenvalue weighted by atomic mass is 10.2. The van der Waals surface area contributed by atoms with Crippen molar-refractivity contribution in [1.82, 2.24) is 4.98 Å². The second-order valence-corrected chi connectivity index (χ2v) is 6.57. The third-order valence-corrected chi connectivity index (χ3v) is 4.27. The molecule has 4 nitrogen and oxygen atoms in total. The van der Waals surface area contributed by atoms with Gasteiger partial charge in [0.05, 0.1) is 0 Å². The largest absolute Gasteiger partial charge is 0.485 e.